The maximum atomic E-state index is 13.3. The highest BCUT2D eigenvalue weighted by molar-refractivity contribution is 7.10. The summed E-state index contributed by atoms with van der Waals surface area (Å²) in [4.78, 5) is 40.8. The van der Waals surface area contributed by atoms with Crippen molar-refractivity contribution in [2.45, 2.75) is 37.8 Å². The fourth-order valence-electron chi connectivity index (χ4n) is 4.68. The van der Waals surface area contributed by atoms with E-state index in [1.54, 1.807) is 11.3 Å². The molecule has 2 aliphatic rings. The van der Waals surface area contributed by atoms with Crippen LogP contribution >= 0.6 is 11.3 Å². The maximum Gasteiger partial charge on any atom is 0.325 e. The van der Waals surface area contributed by atoms with Gasteiger partial charge in [0.25, 0.3) is 5.91 Å². The molecular formula is C24H23N3O3S. The molecule has 0 unspecified atom stereocenters. The van der Waals surface area contributed by atoms with Gasteiger partial charge in [-0.3, -0.25) is 14.5 Å². The topological polar surface area (TPSA) is 78.5 Å². The monoisotopic (exact) mass is 433 g/mol. The Morgan fingerprint density at radius 1 is 1.19 bits per heavy atom. The van der Waals surface area contributed by atoms with E-state index in [4.69, 9.17) is 0 Å². The van der Waals surface area contributed by atoms with Crippen LogP contribution in [-0.2, 0) is 21.5 Å². The summed E-state index contributed by atoms with van der Waals surface area (Å²) >= 11 is 1.61. The number of nitrogens with zero attached hydrogens (tertiary/aromatic N) is 1. The number of fused-ring (bicyclic) bond motifs is 3. The van der Waals surface area contributed by atoms with Crippen molar-refractivity contribution in [2.75, 3.05) is 6.54 Å². The second kappa shape index (κ2) is 7.50. The Hall–Kier alpha value is -3.19. The van der Waals surface area contributed by atoms with E-state index < -0.39 is 11.6 Å². The van der Waals surface area contributed by atoms with Crippen molar-refractivity contribution in [1.82, 2.24) is 15.5 Å². The maximum absolute atomic E-state index is 13.3. The molecule has 1 aliphatic heterocycles. The molecule has 6 nitrogen and oxygen atoms in total. The molecule has 1 aliphatic carbocycles. The summed E-state index contributed by atoms with van der Waals surface area (Å²) in [6, 6.07) is 15.3. The summed E-state index contributed by atoms with van der Waals surface area (Å²) in [7, 11) is 0. The number of imide groups is 1. The van der Waals surface area contributed by atoms with Gasteiger partial charge < -0.3 is 10.6 Å². The number of nitrogens with one attached hydrogen (secondary N) is 2. The number of benzene rings is 2. The first-order valence-corrected chi connectivity index (χ1v) is 11.3. The minimum atomic E-state index is -1.02. The molecule has 0 bridgehead atoms. The van der Waals surface area contributed by atoms with Crippen LogP contribution in [-0.4, -0.2) is 29.3 Å². The Bertz CT molecular complexity index is 1200. The van der Waals surface area contributed by atoms with Crippen molar-refractivity contribution in [3.05, 3.63) is 69.9 Å². The van der Waals surface area contributed by atoms with E-state index >= 15 is 0 Å². The molecule has 0 radical (unpaired) electrons. The van der Waals surface area contributed by atoms with Crippen molar-refractivity contribution in [3.8, 4) is 0 Å². The van der Waals surface area contributed by atoms with Crippen LogP contribution in [0.1, 0.15) is 41.8 Å². The molecule has 1 spiro atoms. The second-order valence-corrected chi connectivity index (χ2v) is 9.23. The van der Waals surface area contributed by atoms with Crippen LogP contribution in [0.4, 0.5) is 4.79 Å². The Balaban J connectivity index is 1.30. The zero-order chi connectivity index (χ0) is 21.6. The van der Waals surface area contributed by atoms with Crippen LogP contribution in [0.15, 0.2) is 53.9 Å². The number of carbonyl (C=O) groups is 3. The molecule has 1 fully saturated rings. The minimum absolute atomic E-state index is 0.245. The van der Waals surface area contributed by atoms with Crippen LogP contribution in [0.3, 0.4) is 0 Å². The first kappa shape index (κ1) is 19.8. The molecule has 3 aromatic rings. The molecular weight excluding hydrogens is 410 g/mol. The van der Waals surface area contributed by atoms with Crippen molar-refractivity contribution < 1.29 is 14.4 Å². The minimum Gasteiger partial charge on any atom is -0.348 e. The number of carbonyl (C=O) groups excluding carboxylic acids is 3. The van der Waals surface area contributed by atoms with E-state index in [9.17, 15) is 14.4 Å². The van der Waals surface area contributed by atoms with Crippen LogP contribution in [0.2, 0.25) is 0 Å². The quantitative estimate of drug-likeness (QED) is 0.613. The molecule has 7 heteroatoms. The summed E-state index contributed by atoms with van der Waals surface area (Å²) in [6.07, 6.45) is 2.31. The van der Waals surface area contributed by atoms with Gasteiger partial charge in [0.15, 0.2) is 0 Å². The van der Waals surface area contributed by atoms with Gasteiger partial charge in [0.1, 0.15) is 12.1 Å². The first-order valence-electron chi connectivity index (χ1n) is 10.5. The molecule has 2 heterocycles. The van der Waals surface area contributed by atoms with E-state index in [2.05, 4.69) is 10.6 Å². The van der Waals surface area contributed by atoms with Crippen LogP contribution in [0, 0.1) is 0 Å². The van der Waals surface area contributed by atoms with E-state index in [1.807, 2.05) is 60.8 Å². The molecule has 2 aromatic carbocycles. The van der Waals surface area contributed by atoms with Gasteiger partial charge in [-0.2, -0.15) is 0 Å². The number of urea groups is 1. The number of hydrogen-bond donors (Lipinski definition) is 2. The summed E-state index contributed by atoms with van der Waals surface area (Å²) in [6.45, 7) is 1.61. The highest BCUT2D eigenvalue weighted by Crippen LogP contribution is 2.42. The summed E-state index contributed by atoms with van der Waals surface area (Å²) in [5.41, 5.74) is 0.833. The Labute approximate surface area is 184 Å². The molecule has 2 N–H and O–H groups in total. The second-order valence-electron chi connectivity index (χ2n) is 8.23. The van der Waals surface area contributed by atoms with Crippen LogP contribution in [0.25, 0.3) is 10.8 Å². The predicted molar refractivity (Wildman–Crippen MR) is 120 cm³/mol. The van der Waals surface area contributed by atoms with Crippen molar-refractivity contribution >= 4 is 40.0 Å². The van der Waals surface area contributed by atoms with E-state index in [0.29, 0.717) is 6.42 Å². The van der Waals surface area contributed by atoms with Gasteiger partial charge in [-0.05, 0) is 60.0 Å². The third-order valence-corrected chi connectivity index (χ3v) is 7.27. The van der Waals surface area contributed by atoms with E-state index in [-0.39, 0.29) is 24.4 Å². The lowest BCUT2D eigenvalue weighted by molar-refractivity contribution is -0.135. The third-order valence-electron chi connectivity index (χ3n) is 6.29. The molecule has 5 rings (SSSR count). The van der Waals surface area contributed by atoms with E-state index in [1.165, 1.54) is 0 Å². The molecule has 0 saturated carbocycles. The fraction of sp³-hybridized carbons (Fsp3) is 0.292. The van der Waals surface area contributed by atoms with Crippen molar-refractivity contribution in [3.63, 3.8) is 0 Å². The van der Waals surface area contributed by atoms with Gasteiger partial charge >= 0.3 is 6.03 Å². The molecule has 2 atom stereocenters. The summed E-state index contributed by atoms with van der Waals surface area (Å²) in [5.74, 6) is -0.687. The van der Waals surface area contributed by atoms with Gasteiger partial charge in [-0.15, -0.1) is 11.3 Å². The van der Waals surface area contributed by atoms with Gasteiger partial charge in [0, 0.05) is 10.4 Å². The molecule has 1 aromatic heterocycles. The highest BCUT2D eigenvalue weighted by Gasteiger charge is 2.54. The molecule has 158 valence electrons. The SMILES string of the molecule is C[C@@H](NC(=O)CN1C(=O)N[C@]2(CCCc3sccc32)C1=O)c1ccc2ccccc2c1. The predicted octanol–water partition coefficient (Wildman–Crippen LogP) is 3.86. The lowest BCUT2D eigenvalue weighted by atomic mass is 9.80. The van der Waals surface area contributed by atoms with Crippen molar-refractivity contribution in [2.24, 2.45) is 0 Å². The van der Waals surface area contributed by atoms with Crippen LogP contribution in [0.5, 0.6) is 0 Å². The Morgan fingerprint density at radius 3 is 2.84 bits per heavy atom. The largest absolute Gasteiger partial charge is 0.348 e. The molecule has 31 heavy (non-hydrogen) atoms. The van der Waals surface area contributed by atoms with E-state index in [0.717, 1.165) is 44.5 Å². The molecule has 4 amide bonds. The van der Waals surface area contributed by atoms with Crippen LogP contribution < -0.4 is 10.6 Å². The standard InChI is InChI=1S/C24H23N3O3S/c1-15(17-9-8-16-5-2-3-6-18(16)13-17)25-21(28)14-27-22(29)24(26-23(27)30)11-4-7-20-19(24)10-12-31-20/h2-3,5-6,8-10,12-13,15H,4,7,11,14H2,1H3,(H,25,28)(H,26,30)/t15-,24+/m1/s1. The van der Waals surface area contributed by atoms with Gasteiger partial charge in [0.05, 0.1) is 6.04 Å². The number of hydrogen-bond acceptors (Lipinski definition) is 4. The smallest absolute Gasteiger partial charge is 0.325 e. The van der Waals surface area contributed by atoms with Gasteiger partial charge in [-0.1, -0.05) is 36.4 Å². The normalized spacial score (nSPS) is 21.3. The fourth-order valence-corrected chi connectivity index (χ4v) is 5.68. The van der Waals surface area contributed by atoms with Gasteiger partial charge in [-0.25, -0.2) is 4.79 Å². The zero-order valence-electron chi connectivity index (χ0n) is 17.2. The number of amides is 4. The average molecular weight is 434 g/mol. The third kappa shape index (κ3) is 3.29. The summed E-state index contributed by atoms with van der Waals surface area (Å²) in [5, 5.41) is 10.00. The van der Waals surface area contributed by atoms with Crippen molar-refractivity contribution in [1.29, 1.82) is 0 Å². The Morgan fingerprint density at radius 2 is 2.00 bits per heavy atom. The lowest BCUT2D eigenvalue weighted by Gasteiger charge is -2.31. The zero-order valence-corrected chi connectivity index (χ0v) is 18.0. The summed E-state index contributed by atoms with van der Waals surface area (Å²) < 4.78 is 0. The first-order chi connectivity index (χ1) is 15.0. The average Bonchev–Trinajstić information content (AvgIpc) is 3.34. The lowest BCUT2D eigenvalue weighted by Crippen LogP contribution is -2.47. The number of aryl methyl sites for hydroxylation is 1. The Kier molecular flexibility index (Phi) is 4.78. The highest BCUT2D eigenvalue weighted by atomic mass is 32.1. The number of thiophene rings is 1. The van der Waals surface area contributed by atoms with Gasteiger partial charge in [0.2, 0.25) is 5.91 Å². The molecule has 1 saturated heterocycles. The number of rotatable bonds is 4.